The van der Waals surface area contributed by atoms with E-state index in [9.17, 15) is 24.0 Å². The van der Waals surface area contributed by atoms with Crippen LogP contribution in [0.3, 0.4) is 0 Å². The molecule has 0 spiro atoms. The van der Waals surface area contributed by atoms with Crippen LogP contribution in [-0.2, 0) is 35.0 Å². The number of esters is 1. The van der Waals surface area contributed by atoms with E-state index < -0.39 is 55.1 Å². The van der Waals surface area contributed by atoms with E-state index in [-0.39, 0.29) is 12.5 Å². The summed E-state index contributed by atoms with van der Waals surface area (Å²) in [5, 5.41) is 0. The maximum atomic E-state index is 12.8. The Hall–Kier alpha value is -4.72. The molecule has 42 heavy (non-hydrogen) atoms. The Morgan fingerprint density at radius 2 is 1.88 bits per heavy atom. The van der Waals surface area contributed by atoms with Gasteiger partial charge in [0.05, 0.1) is 24.8 Å². The van der Waals surface area contributed by atoms with Gasteiger partial charge in [-0.2, -0.15) is 0 Å². The Bertz CT molecular complexity index is 1410. The molecular weight excluding hydrogens is 550 g/mol. The molecule has 1 aromatic carbocycles. The molecular formula is C28H31N5O9. The predicted octanol–water partition coefficient (Wildman–Crippen LogP) is 2.42. The van der Waals surface area contributed by atoms with Crippen molar-refractivity contribution in [2.24, 2.45) is 11.7 Å². The molecule has 3 aliphatic heterocycles. The fourth-order valence-electron chi connectivity index (χ4n) is 5.03. The molecule has 222 valence electrons. The quantitative estimate of drug-likeness (QED) is 0.276. The molecule has 14 nitrogen and oxygen atoms in total. The molecule has 0 unspecified atom stereocenters. The lowest BCUT2D eigenvalue weighted by Crippen LogP contribution is -2.46. The standard InChI is InChI=1S/C28H31N5O9/c1-15(2)24(29)25(35)40-14-41-27(37)32(16(3)34)13-22-21-11-19-10-17(4-6-20(19)33(21)28(38)42-22)18-5-7-23(30-12-18)31-8-9-39-26(31)36/h4-7,10,12,15,21-22,24H,8-9,11,13-14,29H2,1-3H3/t21-,22-,24+/m0/s1. The van der Waals surface area contributed by atoms with Gasteiger partial charge in [-0.25, -0.2) is 24.3 Å². The number of anilines is 2. The van der Waals surface area contributed by atoms with Crippen LogP contribution in [0.5, 0.6) is 0 Å². The third-order valence-corrected chi connectivity index (χ3v) is 7.43. The number of benzene rings is 1. The van der Waals surface area contributed by atoms with Gasteiger partial charge in [-0.3, -0.25) is 19.4 Å². The van der Waals surface area contributed by atoms with Crippen LogP contribution in [0.25, 0.3) is 11.1 Å². The third-order valence-electron chi connectivity index (χ3n) is 7.43. The molecule has 0 radical (unpaired) electrons. The van der Waals surface area contributed by atoms with Crippen molar-refractivity contribution in [1.29, 1.82) is 0 Å². The van der Waals surface area contributed by atoms with Crippen molar-refractivity contribution < 1.29 is 42.9 Å². The van der Waals surface area contributed by atoms with Crippen molar-refractivity contribution in [3.05, 3.63) is 42.1 Å². The van der Waals surface area contributed by atoms with Crippen LogP contribution in [0.2, 0.25) is 0 Å². The van der Waals surface area contributed by atoms with Crippen molar-refractivity contribution >= 4 is 41.7 Å². The molecule has 4 heterocycles. The van der Waals surface area contributed by atoms with E-state index in [2.05, 4.69) is 4.98 Å². The molecule has 1 aromatic heterocycles. The summed E-state index contributed by atoms with van der Waals surface area (Å²) in [7, 11) is 0. The highest BCUT2D eigenvalue weighted by Crippen LogP contribution is 2.41. The Balaban J connectivity index is 1.24. The molecule has 4 amide bonds. The van der Waals surface area contributed by atoms with E-state index in [4.69, 9.17) is 24.7 Å². The lowest BCUT2D eigenvalue weighted by atomic mass is 10.0. The van der Waals surface area contributed by atoms with Crippen molar-refractivity contribution in [2.75, 3.05) is 36.3 Å². The summed E-state index contributed by atoms with van der Waals surface area (Å²) in [6.45, 7) is 4.47. The van der Waals surface area contributed by atoms with Gasteiger partial charge in [0.1, 0.15) is 24.6 Å². The average molecular weight is 582 g/mol. The van der Waals surface area contributed by atoms with Gasteiger partial charge in [0.15, 0.2) is 0 Å². The van der Waals surface area contributed by atoms with E-state index in [1.54, 1.807) is 26.1 Å². The molecule has 2 N–H and O–H groups in total. The largest absolute Gasteiger partial charge is 0.447 e. The molecule has 14 heteroatoms. The van der Waals surface area contributed by atoms with E-state index in [1.165, 1.54) is 16.7 Å². The summed E-state index contributed by atoms with van der Waals surface area (Å²) in [6, 6.07) is 7.88. The zero-order chi connectivity index (χ0) is 30.1. The number of carbonyl (C=O) groups is 5. The Labute approximate surface area is 241 Å². The summed E-state index contributed by atoms with van der Waals surface area (Å²) < 4.78 is 20.3. The number of fused-ring (bicyclic) bond motifs is 3. The fourth-order valence-corrected chi connectivity index (χ4v) is 5.03. The maximum Gasteiger partial charge on any atom is 0.419 e. The second-order valence-electron chi connectivity index (χ2n) is 10.5. The van der Waals surface area contributed by atoms with Crippen LogP contribution in [0, 0.1) is 5.92 Å². The number of ether oxygens (including phenoxy) is 4. The first kappa shape index (κ1) is 28.8. The summed E-state index contributed by atoms with van der Waals surface area (Å²) in [5.41, 5.74) is 8.96. The number of pyridine rings is 1. The van der Waals surface area contributed by atoms with Crippen molar-refractivity contribution in [3.8, 4) is 11.1 Å². The monoisotopic (exact) mass is 581 g/mol. The molecule has 3 atom stereocenters. The molecule has 0 bridgehead atoms. The summed E-state index contributed by atoms with van der Waals surface area (Å²) in [6.07, 6.45) is -0.785. The van der Waals surface area contributed by atoms with Gasteiger partial charge in [-0.05, 0) is 47.7 Å². The van der Waals surface area contributed by atoms with Crippen LogP contribution in [0.1, 0.15) is 26.3 Å². The molecule has 0 saturated carbocycles. The van der Waals surface area contributed by atoms with Crippen LogP contribution < -0.4 is 15.5 Å². The first-order valence-corrected chi connectivity index (χ1v) is 13.5. The van der Waals surface area contributed by atoms with Gasteiger partial charge in [-0.1, -0.05) is 19.9 Å². The molecule has 2 aromatic rings. The number of hydrogen-bond acceptors (Lipinski definition) is 11. The third kappa shape index (κ3) is 5.57. The van der Waals surface area contributed by atoms with Crippen molar-refractivity contribution in [3.63, 3.8) is 0 Å². The van der Waals surface area contributed by atoms with E-state index in [0.29, 0.717) is 31.1 Å². The minimum absolute atomic E-state index is 0.173. The van der Waals surface area contributed by atoms with Gasteiger partial charge >= 0.3 is 24.2 Å². The van der Waals surface area contributed by atoms with E-state index in [0.717, 1.165) is 21.6 Å². The number of nitrogens with zero attached hydrogens (tertiary/aromatic N) is 4. The summed E-state index contributed by atoms with van der Waals surface area (Å²) in [5.74, 6) is -1.04. The van der Waals surface area contributed by atoms with Crippen molar-refractivity contribution in [1.82, 2.24) is 9.88 Å². The van der Waals surface area contributed by atoms with Crippen LogP contribution in [-0.4, -0.2) is 84.7 Å². The number of carbonyl (C=O) groups excluding carboxylic acids is 5. The van der Waals surface area contributed by atoms with Gasteiger partial charge < -0.3 is 24.7 Å². The Kier molecular flexibility index (Phi) is 7.98. The minimum Gasteiger partial charge on any atom is -0.447 e. The van der Waals surface area contributed by atoms with E-state index in [1.807, 2.05) is 24.3 Å². The first-order valence-electron chi connectivity index (χ1n) is 13.5. The Morgan fingerprint density at radius 3 is 2.52 bits per heavy atom. The van der Waals surface area contributed by atoms with Gasteiger partial charge in [0.2, 0.25) is 12.7 Å². The lowest BCUT2D eigenvalue weighted by Gasteiger charge is -2.24. The predicted molar refractivity (Wildman–Crippen MR) is 146 cm³/mol. The van der Waals surface area contributed by atoms with Gasteiger partial charge in [-0.15, -0.1) is 0 Å². The number of rotatable bonds is 8. The highest BCUT2D eigenvalue weighted by molar-refractivity contribution is 5.95. The van der Waals surface area contributed by atoms with Crippen LogP contribution in [0.15, 0.2) is 36.5 Å². The minimum atomic E-state index is -1.04. The fraction of sp³-hybridized carbons (Fsp3) is 0.429. The van der Waals surface area contributed by atoms with Crippen molar-refractivity contribution in [2.45, 2.75) is 45.4 Å². The zero-order valence-corrected chi connectivity index (χ0v) is 23.3. The zero-order valence-electron chi connectivity index (χ0n) is 23.3. The second kappa shape index (κ2) is 11.6. The highest BCUT2D eigenvalue weighted by Gasteiger charge is 2.49. The number of hydrogen-bond donors (Lipinski definition) is 1. The van der Waals surface area contributed by atoms with Gasteiger partial charge in [0, 0.05) is 18.7 Å². The SMILES string of the molecule is CC(=O)N(C[C@@H]1OC(=O)N2c3ccc(-c4ccc(N5CCOC5=O)nc4)cc3C[C@@H]12)C(=O)OCOC(=O)[C@H](N)C(C)C. The second-order valence-corrected chi connectivity index (χ2v) is 10.5. The molecule has 0 aliphatic carbocycles. The lowest BCUT2D eigenvalue weighted by molar-refractivity contribution is -0.155. The smallest absolute Gasteiger partial charge is 0.419 e. The topological polar surface area (TPSA) is 171 Å². The number of amides is 4. The van der Waals surface area contributed by atoms with Crippen LogP contribution >= 0.6 is 0 Å². The number of imide groups is 1. The Morgan fingerprint density at radius 1 is 1.12 bits per heavy atom. The number of cyclic esters (lactones) is 2. The van der Waals surface area contributed by atoms with Crippen LogP contribution in [0.4, 0.5) is 25.9 Å². The number of nitrogens with two attached hydrogens (primary N) is 1. The average Bonchev–Trinajstić information content (AvgIpc) is 3.65. The highest BCUT2D eigenvalue weighted by atomic mass is 16.7. The van der Waals surface area contributed by atoms with Gasteiger partial charge in [0.25, 0.3) is 0 Å². The number of aromatic nitrogens is 1. The molecule has 3 aliphatic rings. The van der Waals surface area contributed by atoms with E-state index >= 15 is 0 Å². The molecule has 2 fully saturated rings. The normalized spacial score (nSPS) is 19.6. The molecule has 2 saturated heterocycles. The first-order chi connectivity index (χ1) is 20.0. The summed E-state index contributed by atoms with van der Waals surface area (Å²) >= 11 is 0. The summed E-state index contributed by atoms with van der Waals surface area (Å²) in [4.78, 5) is 69.7. The maximum absolute atomic E-state index is 12.8. The molecule has 5 rings (SSSR count).